The molecule has 0 aliphatic carbocycles. The molecule has 0 spiro atoms. The van der Waals surface area contributed by atoms with Gasteiger partial charge in [-0.15, -0.1) is 0 Å². The maximum absolute atomic E-state index is 14.0. The summed E-state index contributed by atoms with van der Waals surface area (Å²) in [5, 5.41) is 14.7. The molecule has 3 aromatic rings. The molecule has 0 aromatic heterocycles. The summed E-state index contributed by atoms with van der Waals surface area (Å²) < 4.78 is 19.3. The average molecular weight is 567 g/mol. The van der Waals surface area contributed by atoms with Gasteiger partial charge < -0.3 is 25.4 Å². The van der Waals surface area contributed by atoms with Crippen molar-refractivity contribution in [2.75, 3.05) is 6.16 Å². The third-order valence-electron chi connectivity index (χ3n) is 6.41. The molecule has 10 heteroatoms. The summed E-state index contributed by atoms with van der Waals surface area (Å²) in [6, 6.07) is 25.0. The molecule has 0 aliphatic rings. The van der Waals surface area contributed by atoms with Crippen molar-refractivity contribution in [2.45, 2.75) is 38.5 Å². The molecule has 0 fully saturated rings. The summed E-state index contributed by atoms with van der Waals surface area (Å²) in [7, 11) is -4.28. The van der Waals surface area contributed by atoms with Gasteiger partial charge in [0.2, 0.25) is 13.3 Å². The lowest BCUT2D eigenvalue weighted by Crippen LogP contribution is -2.48. The van der Waals surface area contributed by atoms with Gasteiger partial charge in [0.15, 0.2) is 0 Å². The smallest absolute Gasteiger partial charge is 0.413 e. The zero-order valence-corrected chi connectivity index (χ0v) is 23.4. The predicted molar refractivity (Wildman–Crippen MR) is 152 cm³/mol. The lowest BCUT2D eigenvalue weighted by molar-refractivity contribution is -0.143. The van der Waals surface area contributed by atoms with Crippen molar-refractivity contribution in [1.29, 1.82) is 0 Å². The number of amides is 2. The minimum atomic E-state index is -4.28. The molecule has 0 radical (unpaired) electrons. The Morgan fingerprint density at radius 3 is 1.80 bits per heavy atom. The van der Waals surface area contributed by atoms with Crippen molar-refractivity contribution in [3.05, 3.63) is 102 Å². The van der Waals surface area contributed by atoms with Crippen molar-refractivity contribution in [1.82, 2.24) is 10.6 Å². The van der Waals surface area contributed by atoms with Gasteiger partial charge in [0, 0.05) is 12.6 Å². The second-order valence-electron chi connectivity index (χ2n) is 9.95. The molecule has 1 unspecified atom stereocenters. The van der Waals surface area contributed by atoms with Crippen LogP contribution in [0.3, 0.4) is 0 Å². The Kier molecular flexibility index (Phi) is 11.1. The SMILES string of the molecule is CC(C)[C@H](NC(=O)[C@H](Cc1ccccc1)CP(=O)(O)[C@H](Cc1ccccc1)NC(=O)Oc1ccccc1)C(=O)O. The van der Waals surface area contributed by atoms with E-state index in [0.29, 0.717) is 5.56 Å². The number of carbonyl (C=O) groups excluding carboxylic acids is 2. The van der Waals surface area contributed by atoms with Gasteiger partial charge in [0.05, 0.1) is 5.92 Å². The predicted octanol–water partition coefficient (Wildman–Crippen LogP) is 4.70. The van der Waals surface area contributed by atoms with Gasteiger partial charge in [-0.05, 0) is 35.6 Å². The summed E-state index contributed by atoms with van der Waals surface area (Å²) in [6.45, 7) is 3.33. The first-order valence-corrected chi connectivity index (χ1v) is 14.9. The third-order valence-corrected chi connectivity index (χ3v) is 8.65. The summed E-state index contributed by atoms with van der Waals surface area (Å²) in [4.78, 5) is 49.3. The number of carbonyl (C=O) groups is 3. The largest absolute Gasteiger partial charge is 0.480 e. The zero-order valence-electron chi connectivity index (χ0n) is 22.5. The van der Waals surface area contributed by atoms with E-state index in [1.165, 1.54) is 0 Å². The van der Waals surface area contributed by atoms with E-state index >= 15 is 0 Å². The second kappa shape index (κ2) is 14.4. The van der Waals surface area contributed by atoms with Crippen LogP contribution in [0, 0.1) is 11.8 Å². The first-order valence-electron chi connectivity index (χ1n) is 13.0. The van der Waals surface area contributed by atoms with E-state index in [2.05, 4.69) is 10.6 Å². The molecular formula is C30H35N2O7P. The highest BCUT2D eigenvalue weighted by Gasteiger charge is 2.38. The molecule has 9 nitrogen and oxygen atoms in total. The van der Waals surface area contributed by atoms with Crippen LogP contribution in [0.25, 0.3) is 0 Å². The topological polar surface area (TPSA) is 142 Å². The molecule has 2 amide bonds. The molecule has 4 N–H and O–H groups in total. The highest BCUT2D eigenvalue weighted by Crippen LogP contribution is 2.48. The minimum Gasteiger partial charge on any atom is -0.480 e. The van der Waals surface area contributed by atoms with Gasteiger partial charge in [-0.1, -0.05) is 92.7 Å². The van der Waals surface area contributed by atoms with Gasteiger partial charge in [-0.2, -0.15) is 0 Å². The number of rotatable bonds is 13. The maximum atomic E-state index is 14.0. The molecule has 3 rings (SSSR count). The molecule has 0 aliphatic heterocycles. The molecule has 40 heavy (non-hydrogen) atoms. The maximum Gasteiger partial charge on any atom is 0.413 e. The molecule has 4 atom stereocenters. The van der Waals surface area contributed by atoms with E-state index < -0.39 is 55.2 Å². The fourth-order valence-corrected chi connectivity index (χ4v) is 6.24. The quantitative estimate of drug-likeness (QED) is 0.220. The number of para-hydroxylation sites is 1. The Hall–Kier alpha value is -3.94. The van der Waals surface area contributed by atoms with Crippen LogP contribution in [-0.4, -0.2) is 46.0 Å². The Morgan fingerprint density at radius 2 is 1.30 bits per heavy atom. The van der Waals surface area contributed by atoms with E-state index in [1.54, 1.807) is 92.7 Å². The number of nitrogens with one attached hydrogen (secondary N) is 2. The first kappa shape index (κ1) is 30.6. The minimum absolute atomic E-state index is 0.0158. The van der Waals surface area contributed by atoms with Crippen LogP contribution in [0.1, 0.15) is 25.0 Å². The molecule has 212 valence electrons. The number of ether oxygens (including phenoxy) is 1. The molecular weight excluding hydrogens is 531 g/mol. The number of carboxylic acids is 1. The van der Waals surface area contributed by atoms with Crippen LogP contribution in [0.15, 0.2) is 91.0 Å². The fraction of sp³-hybridized carbons (Fsp3) is 0.300. The second-order valence-corrected chi connectivity index (χ2v) is 12.4. The molecule has 0 bridgehead atoms. The van der Waals surface area contributed by atoms with Crippen LogP contribution in [0.5, 0.6) is 5.75 Å². The van der Waals surface area contributed by atoms with Crippen LogP contribution < -0.4 is 15.4 Å². The summed E-state index contributed by atoms with van der Waals surface area (Å²) >= 11 is 0. The van der Waals surface area contributed by atoms with Crippen LogP contribution >= 0.6 is 7.37 Å². The van der Waals surface area contributed by atoms with Gasteiger partial charge >= 0.3 is 12.1 Å². The lowest BCUT2D eigenvalue weighted by atomic mass is 9.98. The average Bonchev–Trinajstić information content (AvgIpc) is 2.92. The van der Waals surface area contributed by atoms with Crippen LogP contribution in [0.4, 0.5) is 4.79 Å². The Labute approximate surface area is 234 Å². The van der Waals surface area contributed by atoms with E-state index in [-0.39, 0.29) is 18.6 Å². The monoisotopic (exact) mass is 566 g/mol. The number of aliphatic carboxylic acids is 1. The lowest BCUT2D eigenvalue weighted by Gasteiger charge is -2.28. The van der Waals surface area contributed by atoms with Crippen molar-refractivity contribution >= 4 is 25.3 Å². The molecule has 0 saturated heterocycles. The Morgan fingerprint density at radius 1 is 0.800 bits per heavy atom. The fourth-order valence-electron chi connectivity index (χ4n) is 4.26. The Bertz CT molecular complexity index is 1300. The van der Waals surface area contributed by atoms with Gasteiger partial charge in [0.25, 0.3) is 0 Å². The van der Waals surface area contributed by atoms with Crippen molar-refractivity contribution in [3.8, 4) is 5.75 Å². The van der Waals surface area contributed by atoms with E-state index in [0.717, 1.165) is 5.56 Å². The summed E-state index contributed by atoms with van der Waals surface area (Å²) in [6.07, 6.45) is -1.27. The number of hydrogen-bond acceptors (Lipinski definition) is 5. The molecule has 3 aromatic carbocycles. The number of carboxylic acid groups (broad SMARTS) is 1. The highest BCUT2D eigenvalue weighted by molar-refractivity contribution is 7.58. The number of hydrogen-bond donors (Lipinski definition) is 4. The van der Waals surface area contributed by atoms with E-state index in [4.69, 9.17) is 4.74 Å². The molecule has 0 heterocycles. The van der Waals surface area contributed by atoms with E-state index in [1.807, 2.05) is 12.1 Å². The third kappa shape index (κ3) is 9.36. The van der Waals surface area contributed by atoms with E-state index in [9.17, 15) is 28.9 Å². The van der Waals surface area contributed by atoms with Crippen molar-refractivity contribution < 1.29 is 33.7 Å². The summed E-state index contributed by atoms with van der Waals surface area (Å²) in [5.74, 6) is -4.28. The summed E-state index contributed by atoms with van der Waals surface area (Å²) in [5.41, 5.74) is 1.45. The normalized spacial score (nSPS) is 14.8. The van der Waals surface area contributed by atoms with Crippen LogP contribution in [-0.2, 0) is 27.0 Å². The van der Waals surface area contributed by atoms with Crippen LogP contribution in [0.2, 0.25) is 0 Å². The van der Waals surface area contributed by atoms with Gasteiger partial charge in [-0.3, -0.25) is 9.36 Å². The molecule has 0 saturated carbocycles. The standard InChI is InChI=1S/C30H35N2O7P/c1-21(2)27(29(34)35)32-28(33)24(18-22-12-6-3-7-13-22)20-40(37,38)26(19-23-14-8-4-9-15-23)31-30(36)39-25-16-10-5-11-17-25/h3-17,21,24,26-27H,18-20H2,1-2H3,(H,31,36)(H,32,33)(H,34,35)(H,37,38)/t24-,26-,27+/m1/s1. The van der Waals surface area contributed by atoms with Crippen molar-refractivity contribution in [2.24, 2.45) is 11.8 Å². The number of benzene rings is 3. The zero-order chi connectivity index (χ0) is 29.1. The van der Waals surface area contributed by atoms with Crippen molar-refractivity contribution in [3.63, 3.8) is 0 Å². The first-order chi connectivity index (χ1) is 19.0. The Balaban J connectivity index is 1.88. The van der Waals surface area contributed by atoms with Gasteiger partial charge in [-0.25, -0.2) is 9.59 Å². The van der Waals surface area contributed by atoms with Gasteiger partial charge in [0.1, 0.15) is 17.6 Å². The highest BCUT2D eigenvalue weighted by atomic mass is 31.2.